The van der Waals surface area contributed by atoms with Crippen LogP contribution in [0, 0.1) is 0 Å². The largest absolute Gasteiger partial charge is 0.493 e. The molecule has 1 nitrogen and oxygen atoms in total. The van der Waals surface area contributed by atoms with Gasteiger partial charge in [0.25, 0.3) is 0 Å². The average Bonchev–Trinajstić information content (AvgIpc) is 2.41. The molecule has 1 aliphatic heterocycles. The van der Waals surface area contributed by atoms with Crippen LogP contribution in [0.1, 0.15) is 37.3 Å². The maximum absolute atomic E-state index is 5.62. The quantitative estimate of drug-likeness (QED) is 0.654. The summed E-state index contributed by atoms with van der Waals surface area (Å²) >= 11 is 0. The minimum Gasteiger partial charge on any atom is -0.493 e. The Kier molecular flexibility index (Phi) is 2.58. The Bertz CT molecular complexity index is 350. The molecule has 0 N–H and O–H groups in total. The highest BCUT2D eigenvalue weighted by molar-refractivity contribution is 5.59. The van der Waals surface area contributed by atoms with E-state index >= 15 is 0 Å². The molecule has 0 saturated heterocycles. The van der Waals surface area contributed by atoms with E-state index in [1.807, 2.05) is 0 Å². The summed E-state index contributed by atoms with van der Waals surface area (Å²) in [5.74, 6) is 1.60. The number of hydrogen-bond acceptors (Lipinski definition) is 1. The second-order valence-electron chi connectivity index (χ2n) is 3.99. The molecular weight excluding hydrogens is 172 g/mol. The van der Waals surface area contributed by atoms with Crippen LogP contribution in [-0.4, -0.2) is 6.61 Å². The molecule has 0 bridgehead atoms. The third-order valence-corrected chi connectivity index (χ3v) is 2.54. The molecule has 14 heavy (non-hydrogen) atoms. The van der Waals surface area contributed by atoms with Gasteiger partial charge in [-0.15, -0.1) is 0 Å². The fraction of sp³-hybridized carbons (Fsp3) is 0.385. The Morgan fingerprint density at radius 2 is 2.14 bits per heavy atom. The molecule has 0 saturated carbocycles. The second-order valence-corrected chi connectivity index (χ2v) is 3.99. The van der Waals surface area contributed by atoms with Crippen LogP contribution in [0.4, 0.5) is 0 Å². The van der Waals surface area contributed by atoms with Gasteiger partial charge in [0.2, 0.25) is 0 Å². The summed E-state index contributed by atoms with van der Waals surface area (Å²) in [7, 11) is 0. The standard InChI is InChI=1S/C13H16O/c1-10(2)11-6-7-13-12(9-11)5-3-4-8-14-13/h3,5-7,9-10H,4,8H2,1-2H3. The van der Waals surface area contributed by atoms with Gasteiger partial charge >= 0.3 is 0 Å². The minimum absolute atomic E-state index is 0.581. The predicted octanol–water partition coefficient (Wildman–Crippen LogP) is 3.61. The van der Waals surface area contributed by atoms with Gasteiger partial charge < -0.3 is 4.74 Å². The number of rotatable bonds is 1. The Morgan fingerprint density at radius 1 is 1.29 bits per heavy atom. The second kappa shape index (κ2) is 3.87. The summed E-state index contributed by atoms with van der Waals surface area (Å²) in [6.45, 7) is 5.22. The zero-order valence-electron chi connectivity index (χ0n) is 8.79. The average molecular weight is 188 g/mol. The third kappa shape index (κ3) is 1.82. The topological polar surface area (TPSA) is 9.23 Å². The molecule has 1 heteroatoms. The van der Waals surface area contributed by atoms with Crippen molar-refractivity contribution in [1.82, 2.24) is 0 Å². The van der Waals surface area contributed by atoms with Crippen LogP contribution in [-0.2, 0) is 0 Å². The van der Waals surface area contributed by atoms with E-state index in [1.54, 1.807) is 0 Å². The summed E-state index contributed by atoms with van der Waals surface area (Å²) in [4.78, 5) is 0. The van der Waals surface area contributed by atoms with E-state index in [-0.39, 0.29) is 0 Å². The summed E-state index contributed by atoms with van der Waals surface area (Å²) in [5, 5.41) is 0. The predicted molar refractivity (Wildman–Crippen MR) is 59.7 cm³/mol. The van der Waals surface area contributed by atoms with Crippen molar-refractivity contribution in [3.05, 3.63) is 35.4 Å². The van der Waals surface area contributed by atoms with Crippen LogP contribution in [0.2, 0.25) is 0 Å². The maximum Gasteiger partial charge on any atom is 0.126 e. The lowest BCUT2D eigenvalue weighted by atomic mass is 10.0. The first-order chi connectivity index (χ1) is 6.77. The molecule has 0 radical (unpaired) electrons. The molecule has 1 aromatic carbocycles. The van der Waals surface area contributed by atoms with Gasteiger partial charge in [0, 0.05) is 5.56 Å². The molecule has 0 spiro atoms. The molecule has 0 amide bonds. The normalized spacial score (nSPS) is 14.8. The Balaban J connectivity index is 2.40. The van der Waals surface area contributed by atoms with E-state index < -0.39 is 0 Å². The van der Waals surface area contributed by atoms with Crippen molar-refractivity contribution in [3.8, 4) is 5.75 Å². The van der Waals surface area contributed by atoms with E-state index in [9.17, 15) is 0 Å². The molecule has 0 fully saturated rings. The Morgan fingerprint density at radius 3 is 2.93 bits per heavy atom. The number of benzene rings is 1. The van der Waals surface area contributed by atoms with E-state index in [0.29, 0.717) is 5.92 Å². The SMILES string of the molecule is CC(C)c1ccc2c(c1)C=CCCO2. The molecule has 74 valence electrons. The molecule has 2 rings (SSSR count). The fourth-order valence-corrected chi connectivity index (χ4v) is 1.63. The Hall–Kier alpha value is -1.24. The van der Waals surface area contributed by atoms with E-state index in [0.717, 1.165) is 18.8 Å². The van der Waals surface area contributed by atoms with Crippen molar-refractivity contribution in [1.29, 1.82) is 0 Å². The van der Waals surface area contributed by atoms with Crippen LogP contribution in [0.3, 0.4) is 0 Å². The summed E-state index contributed by atoms with van der Waals surface area (Å²) in [5.41, 5.74) is 2.59. The fourth-order valence-electron chi connectivity index (χ4n) is 1.63. The van der Waals surface area contributed by atoms with E-state index in [4.69, 9.17) is 4.74 Å². The van der Waals surface area contributed by atoms with E-state index in [1.165, 1.54) is 11.1 Å². The van der Waals surface area contributed by atoms with Crippen molar-refractivity contribution in [2.45, 2.75) is 26.2 Å². The first-order valence-electron chi connectivity index (χ1n) is 5.20. The summed E-state index contributed by atoms with van der Waals surface area (Å²) in [6.07, 6.45) is 5.34. The van der Waals surface area contributed by atoms with Gasteiger partial charge in [-0.25, -0.2) is 0 Å². The van der Waals surface area contributed by atoms with Gasteiger partial charge in [0.1, 0.15) is 5.75 Å². The monoisotopic (exact) mass is 188 g/mol. The van der Waals surface area contributed by atoms with Gasteiger partial charge in [-0.3, -0.25) is 0 Å². The van der Waals surface area contributed by atoms with Crippen molar-refractivity contribution < 1.29 is 4.74 Å². The first kappa shape index (κ1) is 9.32. The molecule has 1 aliphatic rings. The number of ether oxygens (including phenoxy) is 1. The van der Waals surface area contributed by atoms with Crippen molar-refractivity contribution in [2.24, 2.45) is 0 Å². The number of hydrogen-bond donors (Lipinski definition) is 0. The van der Waals surface area contributed by atoms with Crippen molar-refractivity contribution in [2.75, 3.05) is 6.61 Å². The third-order valence-electron chi connectivity index (χ3n) is 2.54. The first-order valence-corrected chi connectivity index (χ1v) is 5.20. The number of fused-ring (bicyclic) bond motifs is 1. The zero-order chi connectivity index (χ0) is 9.97. The summed E-state index contributed by atoms with van der Waals surface area (Å²) in [6, 6.07) is 6.46. The van der Waals surface area contributed by atoms with Gasteiger partial charge in [0.05, 0.1) is 6.61 Å². The molecule has 0 unspecified atom stereocenters. The lowest BCUT2D eigenvalue weighted by Gasteiger charge is -2.10. The maximum atomic E-state index is 5.62. The molecule has 1 aromatic rings. The molecule has 0 aliphatic carbocycles. The lowest BCUT2D eigenvalue weighted by Crippen LogP contribution is -1.96. The van der Waals surface area contributed by atoms with E-state index in [2.05, 4.69) is 44.2 Å². The summed E-state index contributed by atoms with van der Waals surface area (Å²) < 4.78 is 5.62. The van der Waals surface area contributed by atoms with Crippen molar-refractivity contribution in [3.63, 3.8) is 0 Å². The minimum atomic E-state index is 0.581. The van der Waals surface area contributed by atoms with Crippen molar-refractivity contribution >= 4 is 6.08 Å². The highest BCUT2D eigenvalue weighted by Crippen LogP contribution is 2.27. The van der Waals surface area contributed by atoms with Gasteiger partial charge in [0.15, 0.2) is 0 Å². The highest BCUT2D eigenvalue weighted by atomic mass is 16.5. The molecular formula is C13H16O. The van der Waals surface area contributed by atoms with Crippen LogP contribution in [0.25, 0.3) is 6.08 Å². The molecule has 0 aromatic heterocycles. The Labute approximate surface area is 85.4 Å². The molecule has 1 heterocycles. The van der Waals surface area contributed by atoms with Crippen LogP contribution in [0.15, 0.2) is 24.3 Å². The van der Waals surface area contributed by atoms with Crippen LogP contribution >= 0.6 is 0 Å². The zero-order valence-corrected chi connectivity index (χ0v) is 8.79. The van der Waals surface area contributed by atoms with Gasteiger partial charge in [-0.1, -0.05) is 32.1 Å². The smallest absolute Gasteiger partial charge is 0.126 e. The van der Waals surface area contributed by atoms with Gasteiger partial charge in [-0.05, 0) is 30.0 Å². The highest BCUT2D eigenvalue weighted by Gasteiger charge is 2.06. The van der Waals surface area contributed by atoms with Gasteiger partial charge in [-0.2, -0.15) is 0 Å². The molecule has 0 atom stereocenters. The lowest BCUT2D eigenvalue weighted by molar-refractivity contribution is 0.326. The van der Waals surface area contributed by atoms with Crippen LogP contribution < -0.4 is 4.74 Å². The van der Waals surface area contributed by atoms with Crippen LogP contribution in [0.5, 0.6) is 5.75 Å².